The molecular weight excluding hydrogens is 446 g/mol. The molecular formula is C23H35N3O6S. The van der Waals surface area contributed by atoms with Crippen molar-refractivity contribution in [3.05, 3.63) is 18.2 Å². The van der Waals surface area contributed by atoms with E-state index in [0.29, 0.717) is 23.6 Å². The van der Waals surface area contributed by atoms with Gasteiger partial charge in [-0.25, -0.2) is 8.42 Å². The van der Waals surface area contributed by atoms with E-state index >= 15 is 0 Å². The van der Waals surface area contributed by atoms with Crippen molar-refractivity contribution in [2.24, 2.45) is 0 Å². The molecule has 0 radical (unpaired) electrons. The van der Waals surface area contributed by atoms with E-state index in [1.165, 1.54) is 19.1 Å². The van der Waals surface area contributed by atoms with Gasteiger partial charge in [0.1, 0.15) is 17.0 Å². The number of benzene rings is 1. The number of amides is 2. The first kappa shape index (κ1) is 25.3. The van der Waals surface area contributed by atoms with Crippen molar-refractivity contribution in [2.75, 3.05) is 38.0 Å². The second kappa shape index (κ2) is 10.3. The third-order valence-electron chi connectivity index (χ3n) is 6.45. The minimum Gasteiger partial charge on any atom is -0.497 e. The highest BCUT2D eigenvalue weighted by Gasteiger charge is 2.51. The second-order valence-corrected chi connectivity index (χ2v) is 11.0. The molecule has 1 aliphatic heterocycles. The first-order chi connectivity index (χ1) is 15.7. The van der Waals surface area contributed by atoms with Crippen LogP contribution in [0.1, 0.15) is 52.4 Å². The number of ether oxygens (including phenoxy) is 2. The molecule has 9 nitrogen and oxygen atoms in total. The number of sulfonamides is 1. The summed E-state index contributed by atoms with van der Waals surface area (Å²) in [6.45, 7) is 2.94. The average molecular weight is 482 g/mol. The van der Waals surface area contributed by atoms with Gasteiger partial charge in [-0.1, -0.05) is 26.2 Å². The van der Waals surface area contributed by atoms with Crippen LogP contribution in [0.2, 0.25) is 0 Å². The second-order valence-electron chi connectivity index (χ2n) is 8.93. The molecule has 2 amide bonds. The first-order valence-electron chi connectivity index (χ1n) is 11.5. The van der Waals surface area contributed by atoms with Gasteiger partial charge in [0.15, 0.2) is 0 Å². The number of carbonyl (C=O) groups is 2. The summed E-state index contributed by atoms with van der Waals surface area (Å²) in [5.41, 5.74) is -1.05. The lowest BCUT2D eigenvalue weighted by Crippen LogP contribution is -2.71. The SMILES string of the molecule is CCCS(=O)(=O)N1CC(=O)N(c2ccc(OC)cc2OC)C(C)(C(=O)NC2CCCCC2)C1. The summed E-state index contributed by atoms with van der Waals surface area (Å²) in [7, 11) is -0.679. The predicted octanol–water partition coefficient (Wildman–Crippen LogP) is 2.30. The third kappa shape index (κ3) is 5.27. The fourth-order valence-corrected chi connectivity index (χ4v) is 6.21. The molecule has 1 aromatic carbocycles. The van der Waals surface area contributed by atoms with Crippen LogP contribution in [0.4, 0.5) is 5.69 Å². The number of nitrogens with one attached hydrogen (secondary N) is 1. The van der Waals surface area contributed by atoms with E-state index in [-0.39, 0.29) is 30.8 Å². The van der Waals surface area contributed by atoms with E-state index < -0.39 is 21.5 Å². The molecule has 184 valence electrons. The van der Waals surface area contributed by atoms with Crippen LogP contribution in [0.3, 0.4) is 0 Å². The Morgan fingerprint density at radius 3 is 2.48 bits per heavy atom. The standard InChI is InChI=1S/C23H35N3O6S/c1-5-13-33(29,30)25-15-21(27)26(19-12-11-18(31-3)14-20(19)32-4)23(2,16-25)22(28)24-17-9-7-6-8-10-17/h11-12,14,17H,5-10,13,15-16H2,1-4H3,(H,24,28). The van der Waals surface area contributed by atoms with Gasteiger partial charge in [0.25, 0.3) is 0 Å². The summed E-state index contributed by atoms with van der Waals surface area (Å²) in [6, 6.07) is 5.01. The minimum absolute atomic E-state index is 0.0143. The van der Waals surface area contributed by atoms with Crippen LogP contribution < -0.4 is 19.7 Å². The van der Waals surface area contributed by atoms with Crippen LogP contribution in [0.5, 0.6) is 11.5 Å². The normalized spacial score (nSPS) is 22.8. The van der Waals surface area contributed by atoms with Crippen molar-refractivity contribution in [1.29, 1.82) is 0 Å². The lowest BCUT2D eigenvalue weighted by Gasteiger charge is -2.47. The van der Waals surface area contributed by atoms with E-state index in [9.17, 15) is 18.0 Å². The van der Waals surface area contributed by atoms with Gasteiger partial charge in [0, 0.05) is 18.7 Å². The Morgan fingerprint density at radius 1 is 1.18 bits per heavy atom. The lowest BCUT2D eigenvalue weighted by atomic mass is 9.91. The Morgan fingerprint density at radius 2 is 1.88 bits per heavy atom. The van der Waals surface area contributed by atoms with Gasteiger partial charge in [0.05, 0.1) is 32.2 Å². The van der Waals surface area contributed by atoms with Crippen LogP contribution in [0.15, 0.2) is 18.2 Å². The quantitative estimate of drug-likeness (QED) is 0.611. The Balaban J connectivity index is 2.04. The third-order valence-corrected chi connectivity index (χ3v) is 8.42. The van der Waals surface area contributed by atoms with E-state index in [1.807, 2.05) is 0 Å². The highest BCUT2D eigenvalue weighted by atomic mass is 32.2. The fourth-order valence-electron chi connectivity index (χ4n) is 4.68. The van der Waals surface area contributed by atoms with Crippen molar-refractivity contribution in [3.8, 4) is 11.5 Å². The molecule has 0 aromatic heterocycles. The Labute approximate surface area is 196 Å². The monoisotopic (exact) mass is 481 g/mol. The van der Waals surface area contributed by atoms with Crippen LogP contribution in [0, 0.1) is 0 Å². The summed E-state index contributed by atoms with van der Waals surface area (Å²) in [4.78, 5) is 28.5. The molecule has 1 aromatic rings. The van der Waals surface area contributed by atoms with Crippen LogP contribution >= 0.6 is 0 Å². The molecule has 0 bridgehead atoms. The van der Waals surface area contributed by atoms with Crippen molar-refractivity contribution in [2.45, 2.75) is 64.0 Å². The first-order valence-corrected chi connectivity index (χ1v) is 13.1. The van der Waals surface area contributed by atoms with Gasteiger partial charge < -0.3 is 14.8 Å². The fraction of sp³-hybridized carbons (Fsp3) is 0.652. The molecule has 1 saturated heterocycles. The number of hydrogen-bond donors (Lipinski definition) is 1. The summed E-state index contributed by atoms with van der Waals surface area (Å²) >= 11 is 0. The van der Waals surface area contributed by atoms with E-state index in [0.717, 1.165) is 36.4 Å². The maximum atomic E-state index is 13.7. The summed E-state index contributed by atoms with van der Waals surface area (Å²) in [5, 5.41) is 3.09. The van der Waals surface area contributed by atoms with Crippen LogP contribution in [-0.4, -0.2) is 69.2 Å². The highest BCUT2D eigenvalue weighted by Crippen LogP contribution is 2.39. The van der Waals surface area contributed by atoms with Crippen LogP contribution in [0.25, 0.3) is 0 Å². The van der Waals surface area contributed by atoms with Gasteiger partial charge in [-0.2, -0.15) is 4.31 Å². The molecule has 1 aliphatic carbocycles. The van der Waals surface area contributed by atoms with Gasteiger partial charge in [-0.15, -0.1) is 0 Å². The Kier molecular flexibility index (Phi) is 7.89. The van der Waals surface area contributed by atoms with E-state index in [2.05, 4.69) is 5.32 Å². The smallest absolute Gasteiger partial charge is 0.247 e. The molecule has 33 heavy (non-hydrogen) atoms. The molecule has 2 aliphatic rings. The van der Waals surface area contributed by atoms with Crippen LogP contribution in [-0.2, 0) is 19.6 Å². The zero-order valence-corrected chi connectivity index (χ0v) is 20.7. The number of rotatable bonds is 8. The largest absolute Gasteiger partial charge is 0.497 e. The van der Waals surface area contributed by atoms with E-state index in [1.54, 1.807) is 32.0 Å². The Hall–Kier alpha value is -2.33. The molecule has 1 N–H and O–H groups in total. The maximum absolute atomic E-state index is 13.7. The number of hydrogen-bond acceptors (Lipinski definition) is 6. The van der Waals surface area contributed by atoms with Gasteiger partial charge in [0.2, 0.25) is 21.8 Å². The van der Waals surface area contributed by atoms with E-state index in [4.69, 9.17) is 9.47 Å². The minimum atomic E-state index is -3.68. The summed E-state index contributed by atoms with van der Waals surface area (Å²) in [6.07, 6.45) is 5.38. The van der Waals surface area contributed by atoms with Crippen molar-refractivity contribution in [1.82, 2.24) is 9.62 Å². The molecule has 3 rings (SSSR count). The predicted molar refractivity (Wildman–Crippen MR) is 126 cm³/mol. The maximum Gasteiger partial charge on any atom is 0.247 e. The molecule has 1 heterocycles. The molecule has 0 spiro atoms. The molecule has 1 saturated carbocycles. The number of carbonyl (C=O) groups excluding carboxylic acids is 2. The number of anilines is 1. The topological polar surface area (TPSA) is 105 Å². The zero-order chi connectivity index (χ0) is 24.2. The highest BCUT2D eigenvalue weighted by molar-refractivity contribution is 7.89. The lowest BCUT2D eigenvalue weighted by molar-refractivity contribution is -0.133. The van der Waals surface area contributed by atoms with Crippen molar-refractivity contribution in [3.63, 3.8) is 0 Å². The molecule has 10 heteroatoms. The van der Waals surface area contributed by atoms with Gasteiger partial charge in [-0.05, 0) is 38.3 Å². The summed E-state index contributed by atoms with van der Waals surface area (Å²) in [5.74, 6) is -0.0144. The van der Waals surface area contributed by atoms with Gasteiger partial charge in [-0.3, -0.25) is 14.5 Å². The molecule has 2 fully saturated rings. The number of nitrogens with zero attached hydrogens (tertiary/aromatic N) is 2. The molecule has 1 atom stereocenters. The number of methoxy groups -OCH3 is 2. The summed E-state index contributed by atoms with van der Waals surface area (Å²) < 4.78 is 37.6. The van der Waals surface area contributed by atoms with Gasteiger partial charge >= 0.3 is 0 Å². The van der Waals surface area contributed by atoms with Crippen molar-refractivity contribution >= 4 is 27.5 Å². The number of piperazine rings is 1. The Bertz CT molecular complexity index is 976. The van der Waals surface area contributed by atoms with Crippen molar-refractivity contribution < 1.29 is 27.5 Å². The average Bonchev–Trinajstić information content (AvgIpc) is 2.79. The zero-order valence-electron chi connectivity index (χ0n) is 19.9. The molecule has 1 unspecified atom stereocenters.